The molecule has 4 aromatic rings. The van der Waals surface area contributed by atoms with Crippen LogP contribution in [0.3, 0.4) is 0 Å². The van der Waals surface area contributed by atoms with E-state index in [0.717, 1.165) is 29.7 Å². The summed E-state index contributed by atoms with van der Waals surface area (Å²) in [7, 11) is 3.90. The number of ether oxygens (including phenoxy) is 1. The average molecular weight is 690 g/mol. The molecule has 260 valence electrons. The number of rotatable bonds is 11. The summed E-state index contributed by atoms with van der Waals surface area (Å²) >= 11 is 5.61. The molecule has 0 spiro atoms. The summed E-state index contributed by atoms with van der Waals surface area (Å²) in [5.41, 5.74) is 2.56. The number of likely N-dealkylation sites (N-methyl/N-ethyl adjacent to an activating group) is 1. The maximum absolute atomic E-state index is 12.8. The standard InChI is InChI=1S/C30H37N5O6.C7H7Cl/c1-4-17-40-21-9-10-26-23(18-21)25(36)19-27(41-26)30(39)32-20-28(37)35-15-13-34(14-16-35)24-8-6-5-7-22(24)29(38)31-11-12-33(2)3;1-6-2-4-7(8)5-3-6/h5-10,18-19H,4,11-17,20H2,1-3H3,(H,31,38)(H,32,39);2-5H,1H3. The second-order valence-corrected chi connectivity index (χ2v) is 12.3. The molecule has 2 heterocycles. The van der Waals surface area contributed by atoms with Crippen LogP contribution in [0.5, 0.6) is 5.75 Å². The van der Waals surface area contributed by atoms with Crippen molar-refractivity contribution < 1.29 is 23.5 Å². The number of halogens is 1. The number of carbonyl (C=O) groups is 3. The zero-order valence-electron chi connectivity index (χ0n) is 28.5. The van der Waals surface area contributed by atoms with E-state index in [9.17, 15) is 19.2 Å². The molecule has 1 aliphatic heterocycles. The molecule has 0 bridgehead atoms. The van der Waals surface area contributed by atoms with Gasteiger partial charge in [-0.25, -0.2) is 0 Å². The maximum atomic E-state index is 12.8. The van der Waals surface area contributed by atoms with Crippen LogP contribution in [0.1, 0.15) is 39.8 Å². The zero-order chi connectivity index (χ0) is 35.3. The highest BCUT2D eigenvalue weighted by molar-refractivity contribution is 6.30. The molecular weight excluding hydrogens is 646 g/mol. The van der Waals surface area contributed by atoms with Crippen LogP contribution in [0.4, 0.5) is 5.69 Å². The molecule has 1 fully saturated rings. The summed E-state index contributed by atoms with van der Waals surface area (Å²) in [5.74, 6) is -0.622. The lowest BCUT2D eigenvalue weighted by Gasteiger charge is -2.37. The van der Waals surface area contributed by atoms with Crippen LogP contribution in [0, 0.1) is 6.92 Å². The van der Waals surface area contributed by atoms with Crippen LogP contribution in [0.25, 0.3) is 11.0 Å². The normalized spacial score (nSPS) is 12.7. The largest absolute Gasteiger partial charge is 0.494 e. The summed E-state index contributed by atoms with van der Waals surface area (Å²) in [6.07, 6.45) is 0.838. The SMILES string of the molecule is CCCOc1ccc2oc(C(=O)NCC(=O)N3CCN(c4ccccc4C(=O)NCCN(C)C)CC3)cc(=O)c2c1.Cc1ccc(Cl)cc1. The molecule has 3 aromatic carbocycles. The summed E-state index contributed by atoms with van der Waals surface area (Å²) < 4.78 is 11.2. The lowest BCUT2D eigenvalue weighted by molar-refractivity contribution is -0.130. The Bertz CT molecular complexity index is 1760. The topological polar surface area (TPSA) is 124 Å². The smallest absolute Gasteiger partial charge is 0.287 e. The minimum Gasteiger partial charge on any atom is -0.494 e. The number of benzene rings is 3. The van der Waals surface area contributed by atoms with Crippen LogP contribution >= 0.6 is 11.6 Å². The van der Waals surface area contributed by atoms with Crippen molar-refractivity contribution >= 4 is 46.0 Å². The van der Waals surface area contributed by atoms with Gasteiger partial charge >= 0.3 is 0 Å². The molecule has 1 aromatic heterocycles. The quantitative estimate of drug-likeness (QED) is 0.234. The van der Waals surface area contributed by atoms with Gasteiger partial charge in [0.25, 0.3) is 11.8 Å². The number of para-hydroxylation sites is 1. The fourth-order valence-electron chi connectivity index (χ4n) is 5.07. The highest BCUT2D eigenvalue weighted by Crippen LogP contribution is 2.22. The van der Waals surface area contributed by atoms with Crippen LogP contribution in [-0.4, -0.2) is 94.0 Å². The molecule has 11 nitrogen and oxygen atoms in total. The average Bonchev–Trinajstić information content (AvgIpc) is 3.11. The third kappa shape index (κ3) is 10.8. The summed E-state index contributed by atoms with van der Waals surface area (Å²) in [4.78, 5) is 56.7. The second kappa shape index (κ2) is 18.0. The van der Waals surface area contributed by atoms with Crippen molar-refractivity contribution in [2.75, 3.05) is 71.4 Å². The molecule has 0 atom stereocenters. The van der Waals surface area contributed by atoms with E-state index >= 15 is 0 Å². The summed E-state index contributed by atoms with van der Waals surface area (Å²) in [6.45, 7) is 7.60. The minimum atomic E-state index is -0.642. The summed E-state index contributed by atoms with van der Waals surface area (Å²) in [6, 6.07) is 21.2. The number of hydrogen-bond donors (Lipinski definition) is 2. The first-order valence-corrected chi connectivity index (χ1v) is 16.7. The van der Waals surface area contributed by atoms with Gasteiger partial charge in [-0.2, -0.15) is 0 Å². The van der Waals surface area contributed by atoms with Crippen LogP contribution in [0.2, 0.25) is 5.02 Å². The van der Waals surface area contributed by atoms with Gasteiger partial charge in [-0.05, 0) is 69.9 Å². The molecule has 0 saturated carbocycles. The Hall–Kier alpha value is -4.87. The molecule has 0 radical (unpaired) electrons. The molecule has 5 rings (SSSR count). The van der Waals surface area contributed by atoms with E-state index in [1.54, 1.807) is 29.2 Å². The molecule has 3 amide bonds. The van der Waals surface area contributed by atoms with E-state index in [4.69, 9.17) is 20.8 Å². The van der Waals surface area contributed by atoms with Crippen molar-refractivity contribution in [1.29, 1.82) is 0 Å². The van der Waals surface area contributed by atoms with E-state index in [2.05, 4.69) is 15.5 Å². The van der Waals surface area contributed by atoms with Gasteiger partial charge in [0.15, 0.2) is 11.2 Å². The number of carbonyl (C=O) groups excluding carboxylic acids is 3. The molecule has 49 heavy (non-hydrogen) atoms. The Kier molecular flexibility index (Phi) is 13.6. The Morgan fingerprint density at radius 2 is 1.63 bits per heavy atom. The van der Waals surface area contributed by atoms with Gasteiger partial charge in [-0.15, -0.1) is 0 Å². The van der Waals surface area contributed by atoms with E-state index in [1.165, 1.54) is 5.56 Å². The van der Waals surface area contributed by atoms with Gasteiger partial charge in [-0.1, -0.05) is 48.4 Å². The first-order chi connectivity index (χ1) is 23.5. The fraction of sp³-hybridized carbons (Fsp3) is 0.351. The third-order valence-electron chi connectivity index (χ3n) is 7.77. The lowest BCUT2D eigenvalue weighted by Crippen LogP contribution is -2.51. The van der Waals surface area contributed by atoms with Gasteiger partial charge in [0, 0.05) is 56.0 Å². The number of anilines is 1. The lowest BCUT2D eigenvalue weighted by atomic mass is 10.1. The van der Waals surface area contributed by atoms with Gasteiger partial charge in [0.05, 0.1) is 24.1 Å². The predicted octanol–water partition coefficient (Wildman–Crippen LogP) is 4.60. The van der Waals surface area contributed by atoms with Crippen molar-refractivity contribution in [2.24, 2.45) is 0 Å². The van der Waals surface area contributed by atoms with E-state index in [-0.39, 0.29) is 35.1 Å². The van der Waals surface area contributed by atoms with Crippen molar-refractivity contribution in [3.63, 3.8) is 0 Å². The minimum absolute atomic E-state index is 0.130. The number of nitrogens with one attached hydrogen (secondary N) is 2. The molecule has 0 unspecified atom stereocenters. The predicted molar refractivity (Wildman–Crippen MR) is 193 cm³/mol. The maximum Gasteiger partial charge on any atom is 0.287 e. The summed E-state index contributed by atoms with van der Waals surface area (Å²) in [5, 5.41) is 6.64. The molecule has 0 aliphatic carbocycles. The van der Waals surface area contributed by atoms with Gasteiger partial charge in [0.2, 0.25) is 5.91 Å². The third-order valence-corrected chi connectivity index (χ3v) is 8.02. The van der Waals surface area contributed by atoms with Crippen molar-refractivity contribution in [2.45, 2.75) is 20.3 Å². The van der Waals surface area contributed by atoms with Crippen molar-refractivity contribution in [1.82, 2.24) is 20.4 Å². The second-order valence-electron chi connectivity index (χ2n) is 11.9. The number of hydrogen-bond acceptors (Lipinski definition) is 8. The van der Waals surface area contributed by atoms with E-state index in [1.807, 2.05) is 75.3 Å². The number of amides is 3. The highest BCUT2D eigenvalue weighted by Gasteiger charge is 2.24. The van der Waals surface area contributed by atoms with Gasteiger partial charge in [0.1, 0.15) is 11.3 Å². The Labute approximate surface area is 291 Å². The van der Waals surface area contributed by atoms with Crippen LogP contribution in [-0.2, 0) is 4.79 Å². The van der Waals surface area contributed by atoms with Crippen LogP contribution in [0.15, 0.2) is 82.0 Å². The highest BCUT2D eigenvalue weighted by atomic mass is 35.5. The first-order valence-electron chi connectivity index (χ1n) is 16.3. The van der Waals surface area contributed by atoms with Crippen LogP contribution < -0.4 is 25.7 Å². The Morgan fingerprint density at radius 1 is 0.918 bits per heavy atom. The Morgan fingerprint density at radius 3 is 2.31 bits per heavy atom. The monoisotopic (exact) mass is 689 g/mol. The van der Waals surface area contributed by atoms with E-state index < -0.39 is 5.91 Å². The van der Waals surface area contributed by atoms with Gasteiger partial charge in [-0.3, -0.25) is 19.2 Å². The first kappa shape index (κ1) is 37.0. The number of piperazine rings is 1. The zero-order valence-corrected chi connectivity index (χ0v) is 29.2. The number of nitrogens with zero attached hydrogens (tertiary/aromatic N) is 3. The Balaban J connectivity index is 0.000000592. The molecular formula is C37H44ClN5O6. The fourth-order valence-corrected chi connectivity index (χ4v) is 5.20. The van der Waals surface area contributed by atoms with Crippen molar-refractivity contribution in [3.8, 4) is 5.75 Å². The molecule has 2 N–H and O–H groups in total. The van der Waals surface area contributed by atoms with Gasteiger partial charge < -0.3 is 34.5 Å². The number of fused-ring (bicyclic) bond motifs is 1. The molecule has 1 saturated heterocycles. The van der Waals surface area contributed by atoms with E-state index in [0.29, 0.717) is 56.0 Å². The number of aryl methyl sites for hydroxylation is 1. The molecule has 1 aliphatic rings. The molecule has 12 heteroatoms. The van der Waals surface area contributed by atoms with Crippen molar-refractivity contribution in [3.05, 3.63) is 105 Å².